The highest BCUT2D eigenvalue weighted by Crippen LogP contribution is 2.68. The molecule has 8 rings (SSSR count). The van der Waals surface area contributed by atoms with Crippen LogP contribution in [-0.2, 0) is 38.0 Å². The Bertz CT molecular complexity index is 1680. The quantitative estimate of drug-likeness (QED) is 0.0945. The van der Waals surface area contributed by atoms with E-state index < -0.39 is 123 Å². The molecule has 0 aromatic heterocycles. The molecular formula is C45H70O18. The van der Waals surface area contributed by atoms with Crippen molar-refractivity contribution >= 4 is 6.29 Å². The molecule has 7 fully saturated rings. The molecule has 358 valence electrons. The van der Waals surface area contributed by atoms with Crippen molar-refractivity contribution in [2.24, 2.45) is 46.3 Å². The Morgan fingerprint density at radius 2 is 1.37 bits per heavy atom. The average molecular weight is 899 g/mol. The maximum absolute atomic E-state index is 13.4. The summed E-state index contributed by atoms with van der Waals surface area (Å²) in [5.74, 6) is 0.543. The van der Waals surface area contributed by atoms with E-state index in [1.807, 2.05) is 13.8 Å². The lowest BCUT2D eigenvalue weighted by molar-refractivity contribution is -0.394. The molecule has 4 heterocycles. The van der Waals surface area contributed by atoms with Gasteiger partial charge in [0, 0.05) is 17.3 Å². The van der Waals surface area contributed by atoms with Crippen molar-refractivity contribution in [3.05, 3.63) is 23.3 Å². The highest BCUT2D eigenvalue weighted by atomic mass is 16.8. The molecule has 0 radical (unpaired) electrons. The number of fused-ring (bicyclic) bond motifs is 7. The number of aldehydes is 1. The van der Waals surface area contributed by atoms with Crippen LogP contribution in [0, 0.1) is 46.3 Å². The van der Waals surface area contributed by atoms with Gasteiger partial charge in [-0.2, -0.15) is 0 Å². The Morgan fingerprint density at radius 1 is 0.746 bits per heavy atom. The molecule has 0 amide bonds. The Kier molecular flexibility index (Phi) is 14.1. The molecule has 0 aromatic carbocycles. The van der Waals surface area contributed by atoms with Gasteiger partial charge < -0.3 is 89.0 Å². The van der Waals surface area contributed by atoms with E-state index >= 15 is 0 Å². The summed E-state index contributed by atoms with van der Waals surface area (Å²) in [5.41, 5.74) is 1.58. The number of hydrogen-bond donors (Lipinski definition) is 10. The minimum Gasteiger partial charge on any atom is -0.394 e. The van der Waals surface area contributed by atoms with E-state index in [4.69, 9.17) is 33.2 Å². The van der Waals surface area contributed by atoms with Crippen LogP contribution in [0.2, 0.25) is 0 Å². The van der Waals surface area contributed by atoms with E-state index in [0.29, 0.717) is 18.8 Å². The van der Waals surface area contributed by atoms with Crippen LogP contribution < -0.4 is 0 Å². The molecular weight excluding hydrogens is 828 g/mol. The lowest BCUT2D eigenvalue weighted by Gasteiger charge is -2.58. The summed E-state index contributed by atoms with van der Waals surface area (Å²) in [7, 11) is 0. The van der Waals surface area contributed by atoms with Gasteiger partial charge in [0.2, 0.25) is 0 Å². The number of ether oxygens (including phenoxy) is 7. The van der Waals surface area contributed by atoms with Crippen LogP contribution in [0.25, 0.3) is 0 Å². The summed E-state index contributed by atoms with van der Waals surface area (Å²) in [6, 6.07) is 0. The average Bonchev–Trinajstić information content (AvgIpc) is 3.60. The Balaban J connectivity index is 1.00. The van der Waals surface area contributed by atoms with Gasteiger partial charge in [-0.3, -0.25) is 0 Å². The van der Waals surface area contributed by atoms with Crippen LogP contribution in [0.3, 0.4) is 0 Å². The SMILES string of the molecule is CC(C)=C[C@H]1[C@@H](C)[C@H]2[C@H](C[C@H]3[C@@H]4CC=C5C[C@@H](O[C@@H]6O[C@H](CO)[C@@H](O)[C@H](O)[C@H]6O[C@@H]6O[C@H](CO)[C@@H](O)[C@H](O)[C@H]6O[C@@H]6O[C@@H](C)[C@H](O)[C@@H](O)[C@H]6O)CC[C@]5(C)[C@H]4CC[C@]23C=O)O[C@H]1O. The molecule has 18 nitrogen and oxygen atoms in total. The molecule has 10 N–H and O–H groups in total. The minimum absolute atomic E-state index is 0.0102. The molecule has 63 heavy (non-hydrogen) atoms. The monoisotopic (exact) mass is 898 g/mol. The second-order valence-electron chi connectivity index (χ2n) is 20.3. The molecule has 18 heteroatoms. The third-order valence-corrected chi connectivity index (χ3v) is 16.7. The molecule has 0 unspecified atom stereocenters. The van der Waals surface area contributed by atoms with Gasteiger partial charge in [-0.25, -0.2) is 0 Å². The number of carbonyl (C=O) groups is 1. The zero-order chi connectivity index (χ0) is 45.4. The first-order valence-electron chi connectivity index (χ1n) is 22.9. The third-order valence-electron chi connectivity index (χ3n) is 16.7. The van der Waals surface area contributed by atoms with Crippen molar-refractivity contribution < 1.29 is 89.0 Å². The molecule has 8 aliphatic rings. The first kappa shape index (κ1) is 47.9. The van der Waals surface area contributed by atoms with E-state index in [1.54, 1.807) is 0 Å². The van der Waals surface area contributed by atoms with Crippen LogP contribution in [0.15, 0.2) is 23.3 Å². The van der Waals surface area contributed by atoms with E-state index in [1.165, 1.54) is 18.8 Å². The number of carbonyl (C=O) groups excluding carboxylic acids is 1. The standard InChI is InChI=1S/C45H70O18/c1-18(2)12-24-19(3)30-27(59-40(24)56)14-26-23-7-6-21-13-22(8-10-44(21,5)25(23)9-11-45(26,30)17-48)58-42-38(35(53)32(50)28(15-46)60-42)63-43-39(36(54)33(51)29(16-47)61-43)62-41-37(55)34(52)31(49)20(4)57-41/h6,12,17,19-20,22-43,46-47,49-56H,7-11,13-16H2,1-5H3/t19-,20+,22+,23-,24+,25+,26+,27+,28-,29-,30+,31+,32-,33-,34-,35+,36+,37-,38-,39-,40-,41+,42-,43+,44+,45-/m1/s1. The van der Waals surface area contributed by atoms with Crippen LogP contribution in [0.1, 0.15) is 79.6 Å². The van der Waals surface area contributed by atoms with Crippen molar-refractivity contribution in [1.29, 1.82) is 0 Å². The molecule has 0 bridgehead atoms. The zero-order valence-electron chi connectivity index (χ0n) is 36.7. The smallest absolute Gasteiger partial charge is 0.187 e. The van der Waals surface area contributed by atoms with E-state index in [0.717, 1.165) is 37.7 Å². The first-order chi connectivity index (χ1) is 29.9. The summed E-state index contributed by atoms with van der Waals surface area (Å²) in [4.78, 5) is 13.4. The van der Waals surface area contributed by atoms with Crippen LogP contribution in [0.5, 0.6) is 0 Å². The fourth-order valence-corrected chi connectivity index (χ4v) is 13.3. The molecule has 3 saturated carbocycles. The highest BCUT2D eigenvalue weighted by molar-refractivity contribution is 5.63. The van der Waals surface area contributed by atoms with Crippen LogP contribution >= 0.6 is 0 Å². The summed E-state index contributed by atoms with van der Waals surface area (Å²) in [5, 5.41) is 107. The van der Waals surface area contributed by atoms with Gasteiger partial charge in [0.1, 0.15) is 73.4 Å². The number of rotatable bonds is 10. The topological polar surface area (TPSA) is 284 Å². The summed E-state index contributed by atoms with van der Waals surface area (Å²) in [6.07, 6.45) is -14.7. The summed E-state index contributed by atoms with van der Waals surface area (Å²) < 4.78 is 42.5. The van der Waals surface area contributed by atoms with Gasteiger partial charge >= 0.3 is 0 Å². The minimum atomic E-state index is -1.84. The predicted molar refractivity (Wildman–Crippen MR) is 216 cm³/mol. The van der Waals surface area contributed by atoms with Crippen LogP contribution in [0.4, 0.5) is 0 Å². The van der Waals surface area contributed by atoms with E-state index in [9.17, 15) is 55.9 Å². The van der Waals surface area contributed by atoms with Gasteiger partial charge in [-0.15, -0.1) is 0 Å². The van der Waals surface area contributed by atoms with Crippen molar-refractivity contribution in [1.82, 2.24) is 0 Å². The molecule has 4 aliphatic heterocycles. The van der Waals surface area contributed by atoms with Crippen molar-refractivity contribution in [2.75, 3.05) is 13.2 Å². The Morgan fingerprint density at radius 3 is 1.97 bits per heavy atom. The normalized spacial score (nSPS) is 54.5. The maximum atomic E-state index is 13.4. The fraction of sp³-hybridized carbons (Fsp3) is 0.889. The van der Waals surface area contributed by atoms with Crippen molar-refractivity contribution in [2.45, 2.75) is 190 Å². The van der Waals surface area contributed by atoms with Crippen molar-refractivity contribution in [3.63, 3.8) is 0 Å². The molecule has 0 spiro atoms. The first-order valence-corrected chi connectivity index (χ1v) is 22.9. The number of aliphatic hydroxyl groups excluding tert-OH is 10. The number of hydrogen-bond acceptors (Lipinski definition) is 18. The van der Waals surface area contributed by atoms with Gasteiger partial charge in [-0.1, -0.05) is 37.1 Å². The number of aliphatic hydroxyl groups is 10. The lowest BCUT2D eigenvalue weighted by Crippen LogP contribution is -2.67. The van der Waals surface area contributed by atoms with E-state index in [-0.39, 0.29) is 41.1 Å². The largest absolute Gasteiger partial charge is 0.394 e. The van der Waals surface area contributed by atoms with Gasteiger partial charge in [0.15, 0.2) is 25.2 Å². The Labute approximate surface area is 367 Å². The fourth-order valence-electron chi connectivity index (χ4n) is 13.3. The van der Waals surface area contributed by atoms with Crippen molar-refractivity contribution in [3.8, 4) is 0 Å². The zero-order valence-corrected chi connectivity index (χ0v) is 36.7. The molecule has 4 aliphatic carbocycles. The molecule has 0 aromatic rings. The van der Waals surface area contributed by atoms with E-state index in [2.05, 4.69) is 26.0 Å². The molecule has 26 atom stereocenters. The predicted octanol–water partition coefficient (Wildman–Crippen LogP) is -0.849. The summed E-state index contributed by atoms with van der Waals surface area (Å²) in [6.45, 7) is 8.47. The highest BCUT2D eigenvalue weighted by Gasteiger charge is 2.67. The van der Waals surface area contributed by atoms with Gasteiger partial charge in [0.05, 0.1) is 31.5 Å². The van der Waals surface area contributed by atoms with Gasteiger partial charge in [0.25, 0.3) is 0 Å². The second kappa shape index (κ2) is 18.5. The third kappa shape index (κ3) is 8.23. The van der Waals surface area contributed by atoms with Crippen LogP contribution in [-0.4, -0.2) is 181 Å². The molecule has 4 saturated heterocycles. The number of allylic oxidation sites excluding steroid dienone is 2. The maximum Gasteiger partial charge on any atom is 0.187 e. The summed E-state index contributed by atoms with van der Waals surface area (Å²) >= 11 is 0. The second-order valence-corrected chi connectivity index (χ2v) is 20.3. The van der Waals surface area contributed by atoms with Gasteiger partial charge in [-0.05, 0) is 94.8 Å². The Hall–Kier alpha value is -1.53. The lowest BCUT2D eigenvalue weighted by atomic mass is 9.46.